The highest BCUT2D eigenvalue weighted by molar-refractivity contribution is 5.87. The number of carbonyl (C=O) groups is 4. The van der Waals surface area contributed by atoms with Crippen LogP contribution in [0.4, 0.5) is 0 Å². The van der Waals surface area contributed by atoms with Gasteiger partial charge in [0.15, 0.2) is 0 Å². The highest BCUT2D eigenvalue weighted by Gasteiger charge is 2.19. The van der Waals surface area contributed by atoms with Crippen LogP contribution in [0, 0.1) is 0 Å². The number of aliphatic hydroxyl groups is 1. The Balaban J connectivity index is 4.39. The Morgan fingerprint density at radius 2 is 1.10 bits per heavy atom. The molecule has 0 radical (unpaired) electrons. The average molecular weight is 731 g/mol. The molecule has 0 spiro atoms. The van der Waals surface area contributed by atoms with Gasteiger partial charge in [-0.15, -0.1) is 0 Å². The maximum Gasteiger partial charge on any atom is 0.328 e. The van der Waals surface area contributed by atoms with Crippen molar-refractivity contribution in [2.75, 3.05) is 13.2 Å². The number of aliphatic carboxylic acids is 1. The minimum absolute atomic E-state index is 0.0635. The summed E-state index contributed by atoms with van der Waals surface area (Å²) in [5.74, 6) is -2.35. The first-order valence-electron chi connectivity index (χ1n) is 20.5. The molecule has 52 heavy (non-hydrogen) atoms. The van der Waals surface area contributed by atoms with Gasteiger partial charge in [-0.3, -0.25) is 14.4 Å². The standard InChI is InChI=1S/C43H74N2O7/c1-3-5-7-9-11-13-15-16-18-20-22-27-31-35-42(49)52-38(32-28-24-21-19-17-14-12-10-8-6-4-2)33-29-25-23-26-30-34-40(47)44-36-41(48)45-39(37-46)43(50)51/h7,9,12-15,19,21,38-39,46H,3-6,8,10-11,16-18,20,22-37H2,1-2H3,(H,44,47)(H,45,48)(H,50,51)/b9-7-,14-12-,15-13-,21-19-. The molecule has 0 aliphatic carbocycles. The zero-order valence-corrected chi connectivity index (χ0v) is 32.8. The Morgan fingerprint density at radius 1 is 0.577 bits per heavy atom. The van der Waals surface area contributed by atoms with E-state index in [9.17, 15) is 19.2 Å². The van der Waals surface area contributed by atoms with Gasteiger partial charge in [0.25, 0.3) is 0 Å². The fraction of sp³-hybridized carbons (Fsp3) is 0.721. The molecule has 0 aromatic rings. The van der Waals surface area contributed by atoms with E-state index in [4.69, 9.17) is 14.9 Å². The predicted octanol–water partition coefficient (Wildman–Crippen LogP) is 9.59. The first-order chi connectivity index (χ1) is 25.3. The van der Waals surface area contributed by atoms with Crippen molar-refractivity contribution in [3.8, 4) is 0 Å². The lowest BCUT2D eigenvalue weighted by atomic mass is 10.0. The van der Waals surface area contributed by atoms with Gasteiger partial charge in [0.05, 0.1) is 13.2 Å². The topological polar surface area (TPSA) is 142 Å². The van der Waals surface area contributed by atoms with Gasteiger partial charge in [0.2, 0.25) is 11.8 Å². The zero-order chi connectivity index (χ0) is 38.3. The minimum Gasteiger partial charge on any atom is -0.480 e. The molecule has 0 bridgehead atoms. The number of hydrogen-bond acceptors (Lipinski definition) is 6. The average Bonchev–Trinajstić information content (AvgIpc) is 3.13. The van der Waals surface area contributed by atoms with Crippen molar-refractivity contribution in [2.45, 2.75) is 187 Å². The van der Waals surface area contributed by atoms with Crippen molar-refractivity contribution in [1.82, 2.24) is 10.6 Å². The van der Waals surface area contributed by atoms with Crippen molar-refractivity contribution >= 4 is 23.8 Å². The summed E-state index contributed by atoms with van der Waals surface area (Å²) in [6.45, 7) is 3.37. The summed E-state index contributed by atoms with van der Waals surface area (Å²) in [4.78, 5) is 47.5. The number of carbonyl (C=O) groups excluding carboxylic acids is 3. The van der Waals surface area contributed by atoms with Crippen LogP contribution in [-0.2, 0) is 23.9 Å². The molecule has 2 atom stereocenters. The Hall–Kier alpha value is -3.20. The lowest BCUT2D eigenvalue weighted by Crippen LogP contribution is -2.47. The molecule has 0 aliphatic heterocycles. The van der Waals surface area contributed by atoms with Crippen LogP contribution in [0.2, 0.25) is 0 Å². The molecule has 0 fully saturated rings. The van der Waals surface area contributed by atoms with Gasteiger partial charge in [-0.1, -0.05) is 120 Å². The smallest absolute Gasteiger partial charge is 0.328 e. The highest BCUT2D eigenvalue weighted by Crippen LogP contribution is 2.17. The SMILES string of the molecule is CCC/C=C\C/C=C\CCCCCCCC(=O)OC(CCC/C=C\C/C=C\CCCCC)CCCCCCCC(=O)NCC(=O)NC(CO)C(=O)O. The lowest BCUT2D eigenvalue weighted by Gasteiger charge is -2.18. The van der Waals surface area contributed by atoms with Gasteiger partial charge < -0.3 is 25.6 Å². The summed E-state index contributed by atoms with van der Waals surface area (Å²) in [6, 6.07) is -1.39. The molecule has 298 valence electrons. The molecular formula is C43H74N2O7. The van der Waals surface area contributed by atoms with E-state index in [1.54, 1.807) is 0 Å². The fourth-order valence-electron chi connectivity index (χ4n) is 5.61. The lowest BCUT2D eigenvalue weighted by molar-refractivity contribution is -0.150. The van der Waals surface area contributed by atoms with E-state index in [-0.39, 0.29) is 30.9 Å². The minimum atomic E-state index is -1.39. The third-order valence-corrected chi connectivity index (χ3v) is 8.78. The van der Waals surface area contributed by atoms with E-state index in [0.717, 1.165) is 103 Å². The van der Waals surface area contributed by atoms with Crippen LogP contribution in [0.3, 0.4) is 0 Å². The van der Waals surface area contributed by atoms with E-state index < -0.39 is 24.5 Å². The molecule has 0 heterocycles. The number of esters is 1. The number of ether oxygens (including phenoxy) is 1. The summed E-state index contributed by atoms with van der Waals surface area (Å²) < 4.78 is 5.98. The molecule has 2 amide bonds. The first kappa shape index (κ1) is 48.8. The van der Waals surface area contributed by atoms with Crippen LogP contribution < -0.4 is 10.6 Å². The summed E-state index contributed by atoms with van der Waals surface area (Å²) in [7, 11) is 0. The maximum atomic E-state index is 12.7. The zero-order valence-electron chi connectivity index (χ0n) is 32.8. The molecule has 2 unspecified atom stereocenters. The first-order valence-corrected chi connectivity index (χ1v) is 20.5. The van der Waals surface area contributed by atoms with Crippen LogP contribution in [0.1, 0.15) is 174 Å². The number of carboxylic acid groups (broad SMARTS) is 1. The van der Waals surface area contributed by atoms with Gasteiger partial charge in [-0.05, 0) is 89.9 Å². The normalized spacial score (nSPS) is 13.0. The second-order valence-electron chi connectivity index (χ2n) is 13.7. The Morgan fingerprint density at radius 3 is 1.69 bits per heavy atom. The quantitative estimate of drug-likeness (QED) is 0.0286. The number of aliphatic hydroxyl groups excluding tert-OH is 1. The number of hydrogen-bond donors (Lipinski definition) is 4. The van der Waals surface area contributed by atoms with Gasteiger partial charge in [0.1, 0.15) is 12.1 Å². The van der Waals surface area contributed by atoms with Gasteiger partial charge in [0, 0.05) is 12.8 Å². The number of allylic oxidation sites excluding steroid dienone is 8. The molecule has 0 aliphatic rings. The Bertz CT molecular complexity index is 1020. The molecule has 4 N–H and O–H groups in total. The molecule has 0 aromatic carbocycles. The predicted molar refractivity (Wildman–Crippen MR) is 213 cm³/mol. The largest absolute Gasteiger partial charge is 0.480 e. The van der Waals surface area contributed by atoms with E-state index >= 15 is 0 Å². The summed E-state index contributed by atoms with van der Waals surface area (Å²) in [5.41, 5.74) is 0. The molecule has 0 aromatic heterocycles. The van der Waals surface area contributed by atoms with Crippen molar-refractivity contribution in [3.63, 3.8) is 0 Å². The van der Waals surface area contributed by atoms with Crippen molar-refractivity contribution in [3.05, 3.63) is 48.6 Å². The number of rotatable bonds is 36. The second kappa shape index (κ2) is 37.6. The van der Waals surface area contributed by atoms with Crippen LogP contribution in [0.25, 0.3) is 0 Å². The van der Waals surface area contributed by atoms with E-state index in [1.807, 2.05) is 0 Å². The summed E-state index contributed by atoms with van der Waals surface area (Å²) >= 11 is 0. The highest BCUT2D eigenvalue weighted by atomic mass is 16.5. The molecule has 9 nitrogen and oxygen atoms in total. The van der Waals surface area contributed by atoms with Crippen molar-refractivity contribution in [1.29, 1.82) is 0 Å². The van der Waals surface area contributed by atoms with Crippen LogP contribution in [0.15, 0.2) is 48.6 Å². The second-order valence-corrected chi connectivity index (χ2v) is 13.7. The summed E-state index contributed by atoms with van der Waals surface area (Å²) in [5, 5.41) is 22.5. The number of amides is 2. The summed E-state index contributed by atoms with van der Waals surface area (Å²) in [6.07, 6.45) is 42.7. The van der Waals surface area contributed by atoms with Gasteiger partial charge >= 0.3 is 11.9 Å². The van der Waals surface area contributed by atoms with Crippen molar-refractivity contribution < 1.29 is 34.1 Å². The van der Waals surface area contributed by atoms with Crippen LogP contribution in [0.5, 0.6) is 0 Å². The van der Waals surface area contributed by atoms with Gasteiger partial charge in [-0.2, -0.15) is 0 Å². The number of carboxylic acids is 1. The molecule has 9 heteroatoms. The number of nitrogens with one attached hydrogen (secondary N) is 2. The monoisotopic (exact) mass is 731 g/mol. The molecule has 0 saturated heterocycles. The van der Waals surface area contributed by atoms with Crippen LogP contribution >= 0.6 is 0 Å². The fourth-order valence-corrected chi connectivity index (χ4v) is 5.61. The third kappa shape index (κ3) is 33.9. The Kier molecular flexibility index (Phi) is 35.2. The van der Waals surface area contributed by atoms with E-state index in [0.29, 0.717) is 12.8 Å². The number of unbranched alkanes of at least 4 members (excludes halogenated alkanes) is 14. The maximum absolute atomic E-state index is 12.7. The van der Waals surface area contributed by atoms with Gasteiger partial charge in [-0.25, -0.2) is 4.79 Å². The Labute approximate surface area is 316 Å². The molecule has 0 rings (SSSR count). The third-order valence-electron chi connectivity index (χ3n) is 8.78. The molecular weight excluding hydrogens is 656 g/mol. The van der Waals surface area contributed by atoms with Crippen molar-refractivity contribution in [2.24, 2.45) is 0 Å². The van der Waals surface area contributed by atoms with Crippen LogP contribution in [-0.4, -0.2) is 59.3 Å². The van der Waals surface area contributed by atoms with E-state index in [2.05, 4.69) is 73.1 Å². The molecule has 0 saturated carbocycles. The van der Waals surface area contributed by atoms with E-state index in [1.165, 1.54) is 38.5 Å².